The van der Waals surface area contributed by atoms with Crippen LogP contribution in [0.2, 0.25) is 0 Å². The first kappa shape index (κ1) is 20.1. The molecular formula is C23H22ClN3O4. The summed E-state index contributed by atoms with van der Waals surface area (Å²) in [4.78, 5) is 25.6. The van der Waals surface area contributed by atoms with E-state index in [0.29, 0.717) is 17.5 Å². The number of cyclic esters (lactones) is 1. The van der Waals surface area contributed by atoms with Gasteiger partial charge in [0.2, 0.25) is 0 Å². The van der Waals surface area contributed by atoms with Gasteiger partial charge in [0.15, 0.2) is 5.60 Å². The van der Waals surface area contributed by atoms with Crippen LogP contribution < -0.4 is 27.2 Å². The molecule has 4 aliphatic rings. The molecule has 2 atom stereocenters. The van der Waals surface area contributed by atoms with Crippen molar-refractivity contribution in [3.8, 4) is 0 Å². The first-order valence-electron chi connectivity index (χ1n) is 10.2. The lowest BCUT2D eigenvalue weighted by Crippen LogP contribution is -2.52. The van der Waals surface area contributed by atoms with Crippen LogP contribution in [-0.4, -0.2) is 15.6 Å². The second kappa shape index (κ2) is 6.56. The third-order valence-corrected chi connectivity index (χ3v) is 6.92. The summed E-state index contributed by atoms with van der Waals surface area (Å²) in [6.07, 6.45) is 2.99. The number of benzene rings is 1. The van der Waals surface area contributed by atoms with Crippen LogP contribution in [0.25, 0.3) is 17.5 Å². The summed E-state index contributed by atoms with van der Waals surface area (Å²) < 4.78 is 6.71. The number of nitrogens with zero attached hydrogens (tertiary/aromatic N) is 1. The number of carbonyl (C=O) groups excluding carboxylic acids is 1. The van der Waals surface area contributed by atoms with Crippen LogP contribution in [-0.2, 0) is 21.7 Å². The summed E-state index contributed by atoms with van der Waals surface area (Å²) in [5, 5.41) is 15.4. The van der Waals surface area contributed by atoms with Crippen molar-refractivity contribution in [3.63, 3.8) is 0 Å². The van der Waals surface area contributed by atoms with Gasteiger partial charge >= 0.3 is 5.97 Å². The fraction of sp³-hybridized carbons (Fsp3) is 0.304. The molecule has 0 saturated heterocycles. The van der Waals surface area contributed by atoms with E-state index in [-0.39, 0.29) is 35.6 Å². The Kier molecular flexibility index (Phi) is 4.25. The number of pyridine rings is 1. The Morgan fingerprint density at radius 3 is 2.90 bits per heavy atom. The molecule has 0 saturated carbocycles. The number of hydrogen-bond acceptors (Lipinski definition) is 6. The van der Waals surface area contributed by atoms with E-state index in [0.717, 1.165) is 40.9 Å². The van der Waals surface area contributed by atoms with E-state index in [2.05, 4.69) is 11.4 Å². The van der Waals surface area contributed by atoms with Gasteiger partial charge in [-0.25, -0.2) is 4.79 Å². The number of allylic oxidation sites excluding steroid dienone is 1. The molecule has 2 aromatic rings. The minimum absolute atomic E-state index is 0. The van der Waals surface area contributed by atoms with Crippen molar-refractivity contribution < 1.29 is 14.6 Å². The summed E-state index contributed by atoms with van der Waals surface area (Å²) >= 11 is 0. The van der Waals surface area contributed by atoms with E-state index in [4.69, 9.17) is 10.5 Å². The number of nitrogens with one attached hydrogen (secondary N) is 1. The van der Waals surface area contributed by atoms with Gasteiger partial charge in [-0.2, -0.15) is 0 Å². The van der Waals surface area contributed by atoms with E-state index in [9.17, 15) is 14.7 Å². The SMILES string of the molecule is CC[C@@]1(O)C(=O)OC=c2c1cc1n(c2=O)CC2=C3CCC(N)c4cccc(c43)NC=12.Cl. The normalized spacial score (nSPS) is 24.7. The molecule has 4 N–H and O–H groups in total. The number of fused-ring (bicyclic) bond motifs is 3. The highest BCUT2D eigenvalue weighted by atomic mass is 35.5. The van der Waals surface area contributed by atoms with Crippen LogP contribution in [0.3, 0.4) is 0 Å². The van der Waals surface area contributed by atoms with Gasteiger partial charge < -0.3 is 25.5 Å². The second-order valence-corrected chi connectivity index (χ2v) is 8.36. The molecule has 160 valence electrons. The van der Waals surface area contributed by atoms with Gasteiger partial charge in [-0.15, -0.1) is 12.4 Å². The van der Waals surface area contributed by atoms with Gasteiger partial charge in [-0.05, 0) is 42.5 Å². The largest absolute Gasteiger partial charge is 0.431 e. The number of carbonyl (C=O) groups is 1. The predicted molar refractivity (Wildman–Crippen MR) is 118 cm³/mol. The number of halogens is 1. The predicted octanol–water partition coefficient (Wildman–Crippen LogP) is 0.957. The highest BCUT2D eigenvalue weighted by Gasteiger charge is 2.43. The van der Waals surface area contributed by atoms with Gasteiger partial charge in [0.25, 0.3) is 5.56 Å². The van der Waals surface area contributed by atoms with E-state index in [1.165, 1.54) is 11.8 Å². The Balaban J connectivity index is 0.00000204. The fourth-order valence-electron chi connectivity index (χ4n) is 5.25. The minimum atomic E-state index is -1.83. The molecule has 6 rings (SSSR count). The molecule has 0 radical (unpaired) electrons. The number of ether oxygens (including phenoxy) is 1. The summed E-state index contributed by atoms with van der Waals surface area (Å²) in [6.45, 7) is 2.14. The van der Waals surface area contributed by atoms with Crippen LogP contribution >= 0.6 is 12.4 Å². The van der Waals surface area contributed by atoms with Crippen molar-refractivity contribution >= 4 is 41.6 Å². The van der Waals surface area contributed by atoms with Crippen molar-refractivity contribution in [1.29, 1.82) is 0 Å². The lowest BCUT2D eigenvalue weighted by Gasteiger charge is -2.32. The molecule has 4 heterocycles. The van der Waals surface area contributed by atoms with Crippen molar-refractivity contribution in [2.45, 2.75) is 44.4 Å². The number of anilines is 1. The highest BCUT2D eigenvalue weighted by molar-refractivity contribution is 5.98. The quantitative estimate of drug-likeness (QED) is 0.571. The van der Waals surface area contributed by atoms with Crippen LogP contribution in [0.4, 0.5) is 5.69 Å². The zero-order chi connectivity index (χ0) is 20.8. The molecule has 1 unspecified atom stereocenters. The molecule has 0 fully saturated rings. The van der Waals surface area contributed by atoms with Crippen LogP contribution in [0, 0.1) is 0 Å². The number of esters is 1. The number of nitrogens with two attached hydrogens (primary N) is 1. The lowest BCUT2D eigenvalue weighted by molar-refractivity contribution is -0.160. The van der Waals surface area contributed by atoms with Gasteiger partial charge in [0.1, 0.15) is 6.26 Å². The average Bonchev–Trinajstić information content (AvgIpc) is 3.12. The Labute approximate surface area is 183 Å². The molecule has 0 spiro atoms. The maximum atomic E-state index is 13.3. The smallest absolute Gasteiger partial charge is 0.347 e. The monoisotopic (exact) mass is 439 g/mol. The molecular weight excluding hydrogens is 418 g/mol. The standard InChI is InChI=1S/C23H21N3O4.ClH/c1-2-23(29)15-8-18-20-13(9-26(18)21(27)14(15)10-30-22(23)28)11-6-7-16(24)12-4-3-5-17(25-20)19(11)12;/h3-5,8,10,16,25,29H,2,6-7,9,24H2,1H3;1H/t16?,23-;/m0./s1. The first-order chi connectivity index (χ1) is 14.4. The van der Waals surface area contributed by atoms with Crippen molar-refractivity contribution in [3.05, 3.63) is 67.5 Å². The minimum Gasteiger partial charge on any atom is -0.431 e. The van der Waals surface area contributed by atoms with Gasteiger partial charge in [-0.3, -0.25) is 4.79 Å². The number of hydrogen-bond donors (Lipinski definition) is 3. The number of rotatable bonds is 1. The molecule has 1 aromatic carbocycles. The van der Waals surface area contributed by atoms with E-state index >= 15 is 0 Å². The van der Waals surface area contributed by atoms with Crippen molar-refractivity contribution in [2.24, 2.45) is 5.73 Å². The van der Waals surface area contributed by atoms with E-state index in [1.54, 1.807) is 17.6 Å². The number of aliphatic hydroxyl groups is 1. The van der Waals surface area contributed by atoms with Crippen molar-refractivity contribution in [1.82, 2.24) is 4.57 Å². The third kappa shape index (κ3) is 2.42. The topological polar surface area (TPSA) is 107 Å². The highest BCUT2D eigenvalue weighted by Crippen LogP contribution is 2.47. The summed E-state index contributed by atoms with van der Waals surface area (Å²) in [5.74, 6) is -0.753. The van der Waals surface area contributed by atoms with E-state index < -0.39 is 11.6 Å². The summed E-state index contributed by atoms with van der Waals surface area (Å²) in [5.41, 5.74) is 11.0. The summed E-state index contributed by atoms with van der Waals surface area (Å²) in [6, 6.07) is 7.85. The van der Waals surface area contributed by atoms with E-state index in [1.807, 2.05) is 12.1 Å². The molecule has 31 heavy (non-hydrogen) atoms. The molecule has 3 aliphatic heterocycles. The Hall–Kier alpha value is -2.87. The Bertz CT molecular complexity index is 1390. The fourth-order valence-corrected chi connectivity index (χ4v) is 5.25. The maximum absolute atomic E-state index is 13.3. The van der Waals surface area contributed by atoms with Crippen LogP contribution in [0.5, 0.6) is 0 Å². The maximum Gasteiger partial charge on any atom is 0.347 e. The Morgan fingerprint density at radius 1 is 1.32 bits per heavy atom. The molecule has 0 amide bonds. The molecule has 0 bridgehead atoms. The van der Waals surface area contributed by atoms with Crippen LogP contribution in [0.1, 0.15) is 48.9 Å². The zero-order valence-electron chi connectivity index (χ0n) is 16.9. The lowest BCUT2D eigenvalue weighted by atomic mass is 9.79. The first-order valence-corrected chi connectivity index (χ1v) is 10.2. The number of aromatic nitrogens is 1. The van der Waals surface area contributed by atoms with Gasteiger partial charge in [0, 0.05) is 28.4 Å². The molecule has 7 nitrogen and oxygen atoms in total. The molecule has 8 heteroatoms. The van der Waals surface area contributed by atoms with Crippen molar-refractivity contribution in [2.75, 3.05) is 5.32 Å². The second-order valence-electron chi connectivity index (χ2n) is 8.36. The van der Waals surface area contributed by atoms with Gasteiger partial charge in [0.05, 0.1) is 22.8 Å². The molecule has 1 aromatic heterocycles. The summed E-state index contributed by atoms with van der Waals surface area (Å²) in [7, 11) is 0. The average molecular weight is 440 g/mol. The zero-order valence-corrected chi connectivity index (χ0v) is 17.7. The van der Waals surface area contributed by atoms with Gasteiger partial charge in [-0.1, -0.05) is 19.1 Å². The van der Waals surface area contributed by atoms with Crippen LogP contribution in [0.15, 0.2) is 34.6 Å². The Morgan fingerprint density at radius 2 is 2.13 bits per heavy atom. The molecule has 1 aliphatic carbocycles. The third-order valence-electron chi connectivity index (χ3n) is 6.92.